The molecule has 4 nitrogen and oxygen atoms in total. The minimum atomic E-state index is 0.0605. The van der Waals surface area contributed by atoms with Gasteiger partial charge in [0.25, 0.3) is 0 Å². The summed E-state index contributed by atoms with van der Waals surface area (Å²) in [4.78, 5) is 2.50. The number of hydrogen-bond donors (Lipinski definition) is 2. The molecule has 1 aliphatic heterocycles. The SMILES string of the molecule is COc1ccc(CN2CCCCC2C)cc1C(=N)N. The van der Waals surface area contributed by atoms with Crippen LogP contribution in [0.3, 0.4) is 0 Å². The molecule has 0 radical (unpaired) electrons. The highest BCUT2D eigenvalue weighted by Gasteiger charge is 2.18. The number of methoxy groups -OCH3 is 1. The second-order valence-corrected chi connectivity index (χ2v) is 5.26. The van der Waals surface area contributed by atoms with Gasteiger partial charge in [0.05, 0.1) is 12.7 Å². The highest BCUT2D eigenvalue weighted by molar-refractivity contribution is 5.97. The largest absolute Gasteiger partial charge is 0.496 e. The monoisotopic (exact) mass is 261 g/mol. The lowest BCUT2D eigenvalue weighted by molar-refractivity contribution is 0.152. The number of nitrogens with one attached hydrogen (secondary N) is 1. The van der Waals surface area contributed by atoms with E-state index < -0.39 is 0 Å². The molecule has 1 saturated heterocycles. The fraction of sp³-hybridized carbons (Fsp3) is 0.533. The number of nitrogen functional groups attached to an aromatic ring is 1. The third-order valence-electron chi connectivity index (χ3n) is 3.88. The number of hydrogen-bond acceptors (Lipinski definition) is 3. The number of likely N-dealkylation sites (tertiary alicyclic amines) is 1. The minimum Gasteiger partial charge on any atom is -0.496 e. The fourth-order valence-corrected chi connectivity index (χ4v) is 2.69. The minimum absolute atomic E-state index is 0.0605. The molecule has 4 heteroatoms. The van der Waals surface area contributed by atoms with E-state index in [0.717, 1.165) is 13.1 Å². The third kappa shape index (κ3) is 3.26. The summed E-state index contributed by atoms with van der Waals surface area (Å²) in [5.74, 6) is 0.730. The Balaban J connectivity index is 2.16. The van der Waals surface area contributed by atoms with E-state index in [0.29, 0.717) is 17.4 Å². The van der Waals surface area contributed by atoms with Gasteiger partial charge in [0.1, 0.15) is 11.6 Å². The van der Waals surface area contributed by atoms with Gasteiger partial charge in [-0.15, -0.1) is 0 Å². The average molecular weight is 261 g/mol. The standard InChI is InChI=1S/C15H23N3O/c1-11-5-3-4-8-18(11)10-12-6-7-14(19-2)13(9-12)15(16)17/h6-7,9,11H,3-5,8,10H2,1-2H3,(H3,16,17). The van der Waals surface area contributed by atoms with E-state index in [-0.39, 0.29) is 5.84 Å². The average Bonchev–Trinajstić information content (AvgIpc) is 2.41. The Hall–Kier alpha value is -1.55. The lowest BCUT2D eigenvalue weighted by Gasteiger charge is -2.33. The first kappa shape index (κ1) is 13.9. The molecule has 0 amide bonds. The smallest absolute Gasteiger partial charge is 0.129 e. The van der Waals surface area contributed by atoms with Crippen molar-refractivity contribution in [3.63, 3.8) is 0 Å². The predicted octanol–water partition coefficient (Wildman–Crippen LogP) is 2.35. The Kier molecular flexibility index (Phi) is 4.43. The van der Waals surface area contributed by atoms with Gasteiger partial charge in [0.2, 0.25) is 0 Å². The van der Waals surface area contributed by atoms with Crippen LogP contribution in [0.2, 0.25) is 0 Å². The van der Waals surface area contributed by atoms with Crippen molar-refractivity contribution in [3.05, 3.63) is 29.3 Å². The van der Waals surface area contributed by atoms with E-state index in [4.69, 9.17) is 15.9 Å². The highest BCUT2D eigenvalue weighted by atomic mass is 16.5. The molecule has 1 unspecified atom stereocenters. The van der Waals surface area contributed by atoms with Crippen molar-refractivity contribution in [1.29, 1.82) is 5.41 Å². The Morgan fingerprint density at radius 2 is 2.26 bits per heavy atom. The van der Waals surface area contributed by atoms with Crippen LogP contribution in [0, 0.1) is 5.41 Å². The normalized spacial score (nSPS) is 20.2. The van der Waals surface area contributed by atoms with Gasteiger partial charge in [0, 0.05) is 12.6 Å². The zero-order valence-corrected chi connectivity index (χ0v) is 11.8. The maximum atomic E-state index is 7.62. The molecule has 0 spiro atoms. The molecule has 2 rings (SSSR count). The van der Waals surface area contributed by atoms with Crippen molar-refractivity contribution < 1.29 is 4.74 Å². The molecule has 3 N–H and O–H groups in total. The quantitative estimate of drug-likeness (QED) is 0.646. The molecule has 1 aliphatic rings. The van der Waals surface area contributed by atoms with Crippen molar-refractivity contribution in [1.82, 2.24) is 4.90 Å². The highest BCUT2D eigenvalue weighted by Crippen LogP contribution is 2.23. The molecule has 0 bridgehead atoms. The first-order chi connectivity index (χ1) is 9.11. The van der Waals surface area contributed by atoms with Crippen LogP contribution in [0.4, 0.5) is 0 Å². The van der Waals surface area contributed by atoms with E-state index in [1.165, 1.54) is 24.8 Å². The Morgan fingerprint density at radius 1 is 1.47 bits per heavy atom. The summed E-state index contributed by atoms with van der Waals surface area (Å²) in [7, 11) is 1.61. The number of amidine groups is 1. The van der Waals surface area contributed by atoms with Gasteiger partial charge >= 0.3 is 0 Å². The summed E-state index contributed by atoms with van der Waals surface area (Å²) in [6, 6.07) is 6.58. The van der Waals surface area contributed by atoms with Crippen molar-refractivity contribution in [2.24, 2.45) is 5.73 Å². The van der Waals surface area contributed by atoms with Crippen molar-refractivity contribution in [2.45, 2.75) is 38.8 Å². The van der Waals surface area contributed by atoms with Gasteiger partial charge < -0.3 is 10.5 Å². The first-order valence-electron chi connectivity index (χ1n) is 6.87. The number of nitrogens with two attached hydrogens (primary N) is 1. The molecule has 19 heavy (non-hydrogen) atoms. The lowest BCUT2D eigenvalue weighted by Crippen LogP contribution is -2.36. The summed E-state index contributed by atoms with van der Waals surface area (Å²) in [5.41, 5.74) is 7.49. The zero-order chi connectivity index (χ0) is 13.8. The van der Waals surface area contributed by atoms with Crippen molar-refractivity contribution in [2.75, 3.05) is 13.7 Å². The first-order valence-corrected chi connectivity index (χ1v) is 6.87. The summed E-state index contributed by atoms with van der Waals surface area (Å²) in [6.45, 7) is 4.36. The van der Waals surface area contributed by atoms with E-state index in [9.17, 15) is 0 Å². The van der Waals surface area contributed by atoms with Gasteiger partial charge in [-0.3, -0.25) is 10.3 Å². The number of ether oxygens (including phenoxy) is 1. The topological polar surface area (TPSA) is 62.3 Å². The molecule has 0 aromatic heterocycles. The maximum Gasteiger partial charge on any atom is 0.129 e. The van der Waals surface area contributed by atoms with E-state index in [1.54, 1.807) is 7.11 Å². The second-order valence-electron chi connectivity index (χ2n) is 5.26. The summed E-state index contributed by atoms with van der Waals surface area (Å²) in [6.07, 6.45) is 3.88. The van der Waals surface area contributed by atoms with E-state index in [1.807, 2.05) is 12.1 Å². The molecular formula is C15H23N3O. The molecule has 0 aliphatic carbocycles. The van der Waals surface area contributed by atoms with Crippen LogP contribution >= 0.6 is 0 Å². The number of rotatable bonds is 4. The van der Waals surface area contributed by atoms with Crippen molar-refractivity contribution in [3.8, 4) is 5.75 Å². The molecule has 104 valence electrons. The van der Waals surface area contributed by atoms with Gasteiger partial charge in [0.15, 0.2) is 0 Å². The van der Waals surface area contributed by atoms with Crippen LogP contribution < -0.4 is 10.5 Å². The third-order valence-corrected chi connectivity index (χ3v) is 3.88. The molecule has 1 atom stereocenters. The van der Waals surface area contributed by atoms with Crippen LogP contribution in [-0.2, 0) is 6.54 Å². The van der Waals surface area contributed by atoms with Gasteiger partial charge in [-0.2, -0.15) is 0 Å². The van der Waals surface area contributed by atoms with Crippen molar-refractivity contribution >= 4 is 5.84 Å². The fourth-order valence-electron chi connectivity index (χ4n) is 2.69. The van der Waals surface area contributed by atoms with Crippen LogP contribution in [0.25, 0.3) is 0 Å². The van der Waals surface area contributed by atoms with Crippen LogP contribution in [-0.4, -0.2) is 30.4 Å². The summed E-state index contributed by atoms with van der Waals surface area (Å²) < 4.78 is 5.24. The van der Waals surface area contributed by atoms with Gasteiger partial charge in [-0.05, 0) is 44.0 Å². The summed E-state index contributed by atoms with van der Waals surface area (Å²) in [5, 5.41) is 7.62. The molecule has 1 aromatic carbocycles. The van der Waals surface area contributed by atoms with Gasteiger partial charge in [-0.1, -0.05) is 12.5 Å². The Morgan fingerprint density at radius 3 is 2.89 bits per heavy atom. The molecule has 0 saturated carbocycles. The molecular weight excluding hydrogens is 238 g/mol. The molecule has 1 fully saturated rings. The van der Waals surface area contributed by atoms with E-state index >= 15 is 0 Å². The Bertz CT molecular complexity index is 459. The number of benzene rings is 1. The summed E-state index contributed by atoms with van der Waals surface area (Å²) >= 11 is 0. The lowest BCUT2D eigenvalue weighted by atomic mass is 10.0. The molecule has 1 heterocycles. The number of nitrogens with zero attached hydrogens (tertiary/aromatic N) is 1. The van der Waals surface area contributed by atoms with Crippen LogP contribution in [0.5, 0.6) is 5.75 Å². The Labute approximate surface area is 115 Å². The second kappa shape index (κ2) is 6.06. The zero-order valence-electron chi connectivity index (χ0n) is 11.8. The number of piperidine rings is 1. The van der Waals surface area contributed by atoms with E-state index in [2.05, 4.69) is 17.9 Å². The van der Waals surface area contributed by atoms with Crippen LogP contribution in [0.15, 0.2) is 18.2 Å². The maximum absolute atomic E-state index is 7.62. The predicted molar refractivity (Wildman–Crippen MR) is 77.7 cm³/mol. The van der Waals surface area contributed by atoms with Crippen LogP contribution in [0.1, 0.15) is 37.3 Å². The molecule has 1 aromatic rings. The van der Waals surface area contributed by atoms with Gasteiger partial charge in [-0.25, -0.2) is 0 Å².